The van der Waals surface area contributed by atoms with Crippen LogP contribution in [0.25, 0.3) is 16.8 Å². The summed E-state index contributed by atoms with van der Waals surface area (Å²) in [5.41, 5.74) is 3.64. The number of nitrogens with zero attached hydrogens (tertiary/aromatic N) is 4. The molecule has 1 aromatic heterocycles. The summed E-state index contributed by atoms with van der Waals surface area (Å²) in [5, 5.41) is 28.7. The fraction of sp³-hybridized carbons (Fsp3) is 0.462. The zero-order valence-corrected chi connectivity index (χ0v) is 20.9. The second-order valence-electron chi connectivity index (χ2n) is 10.4. The van der Waals surface area contributed by atoms with Crippen molar-refractivity contribution in [2.75, 3.05) is 7.05 Å². The molecule has 1 fully saturated rings. The Bertz CT molecular complexity index is 1130. The molecule has 2 heterocycles. The van der Waals surface area contributed by atoms with Gasteiger partial charge in [0.25, 0.3) is 0 Å². The number of aromatic nitrogens is 2. The van der Waals surface area contributed by atoms with Gasteiger partial charge in [-0.05, 0) is 95.9 Å². The standard InChI is InChI=1S/C26H35FN6O/c1-16(10-17-13-25(2,3)33-26(4,5)14-17)21(31-29-7)12-22(28-6)19-9-8-18(11-23(19)34)20-15-30-32-24(20)27/h8-9,11-12,15,17,33-34H,6,10,13-14H2,1-5,7H3,(H,30,32)/b21-16-,22-12-,31-29?. The molecule has 0 atom stereocenters. The third-order valence-corrected chi connectivity index (χ3v) is 6.14. The minimum Gasteiger partial charge on any atom is -0.507 e. The summed E-state index contributed by atoms with van der Waals surface area (Å²) in [6.45, 7) is 14.7. The van der Waals surface area contributed by atoms with Crippen molar-refractivity contribution in [1.82, 2.24) is 15.5 Å². The number of hydrogen-bond acceptors (Lipinski definition) is 6. The Morgan fingerprint density at radius 3 is 2.47 bits per heavy atom. The molecule has 7 nitrogen and oxygen atoms in total. The van der Waals surface area contributed by atoms with Gasteiger partial charge in [-0.15, -0.1) is 0 Å². The Kier molecular flexibility index (Phi) is 7.51. The van der Waals surface area contributed by atoms with Crippen molar-refractivity contribution in [3.8, 4) is 16.9 Å². The highest BCUT2D eigenvalue weighted by atomic mass is 19.1. The quantitative estimate of drug-likeness (QED) is 0.255. The Balaban J connectivity index is 1.93. The summed E-state index contributed by atoms with van der Waals surface area (Å²) < 4.78 is 13.9. The smallest absolute Gasteiger partial charge is 0.216 e. The van der Waals surface area contributed by atoms with E-state index in [1.807, 2.05) is 0 Å². The van der Waals surface area contributed by atoms with E-state index < -0.39 is 5.95 Å². The van der Waals surface area contributed by atoms with Crippen LogP contribution in [-0.4, -0.2) is 40.1 Å². The second kappa shape index (κ2) is 10.0. The molecule has 0 aliphatic carbocycles. The summed E-state index contributed by atoms with van der Waals surface area (Å²) in [6, 6.07) is 4.88. The fourth-order valence-electron chi connectivity index (χ4n) is 5.29. The highest BCUT2D eigenvalue weighted by Crippen LogP contribution is 2.38. The number of benzene rings is 1. The molecule has 0 saturated carbocycles. The molecular formula is C26H35FN6O. The lowest BCUT2D eigenvalue weighted by Gasteiger charge is -2.46. The molecule has 0 spiro atoms. The molecule has 182 valence electrons. The van der Waals surface area contributed by atoms with Gasteiger partial charge in [0.2, 0.25) is 5.95 Å². The predicted octanol–water partition coefficient (Wildman–Crippen LogP) is 6.27. The number of piperidine rings is 1. The normalized spacial score (nSPS) is 19.3. The van der Waals surface area contributed by atoms with Gasteiger partial charge in [0.05, 0.1) is 23.2 Å². The van der Waals surface area contributed by atoms with Crippen LogP contribution in [0.3, 0.4) is 0 Å². The van der Waals surface area contributed by atoms with E-state index in [0.717, 1.165) is 24.8 Å². The third-order valence-electron chi connectivity index (χ3n) is 6.14. The number of phenolic OH excluding ortho intramolecular Hbond substituents is 1. The Hall–Kier alpha value is -3.13. The number of rotatable bonds is 7. The molecule has 8 heteroatoms. The maximum atomic E-state index is 13.9. The maximum absolute atomic E-state index is 13.9. The van der Waals surface area contributed by atoms with Crippen molar-refractivity contribution in [2.45, 2.75) is 65.0 Å². The van der Waals surface area contributed by atoms with Crippen molar-refractivity contribution in [2.24, 2.45) is 21.1 Å². The van der Waals surface area contributed by atoms with E-state index >= 15 is 0 Å². The molecule has 3 N–H and O–H groups in total. The highest BCUT2D eigenvalue weighted by Gasteiger charge is 2.37. The zero-order valence-electron chi connectivity index (χ0n) is 20.9. The number of allylic oxidation sites excluding steroid dienone is 2. The van der Waals surface area contributed by atoms with Gasteiger partial charge in [-0.1, -0.05) is 6.07 Å². The number of aromatic amines is 1. The Morgan fingerprint density at radius 2 is 1.94 bits per heavy atom. The minimum atomic E-state index is -0.557. The van der Waals surface area contributed by atoms with E-state index in [2.05, 4.69) is 72.1 Å². The van der Waals surface area contributed by atoms with Crippen molar-refractivity contribution in [1.29, 1.82) is 0 Å². The Labute approximate surface area is 201 Å². The first-order chi connectivity index (χ1) is 15.9. The van der Waals surface area contributed by atoms with Crippen LogP contribution in [0.5, 0.6) is 5.75 Å². The number of H-pyrrole nitrogens is 1. The molecule has 34 heavy (non-hydrogen) atoms. The number of aliphatic imine (C=N–C) groups is 1. The molecule has 0 radical (unpaired) electrons. The monoisotopic (exact) mass is 466 g/mol. The first-order valence-electron chi connectivity index (χ1n) is 11.4. The lowest BCUT2D eigenvalue weighted by Crippen LogP contribution is -2.57. The van der Waals surface area contributed by atoms with Gasteiger partial charge in [0, 0.05) is 23.7 Å². The first-order valence-corrected chi connectivity index (χ1v) is 11.4. The molecule has 2 aromatic rings. The van der Waals surface area contributed by atoms with Crippen LogP contribution >= 0.6 is 0 Å². The van der Waals surface area contributed by atoms with Gasteiger partial charge in [-0.2, -0.15) is 19.7 Å². The van der Waals surface area contributed by atoms with Crippen molar-refractivity contribution >= 4 is 12.4 Å². The van der Waals surface area contributed by atoms with Crippen molar-refractivity contribution < 1.29 is 9.50 Å². The number of aromatic hydroxyl groups is 1. The SMILES string of the molecule is C=N/C(=C\C(N=NC)=C(/C)CC1CC(C)(C)NC(C)(C)C1)c1ccc(-c2cn[nH]c2F)cc1O. The largest absolute Gasteiger partial charge is 0.507 e. The lowest BCUT2D eigenvalue weighted by molar-refractivity contribution is 0.128. The van der Waals surface area contributed by atoms with Crippen LogP contribution in [0.4, 0.5) is 4.39 Å². The maximum Gasteiger partial charge on any atom is 0.216 e. The van der Waals surface area contributed by atoms with Crippen LogP contribution in [0.15, 0.2) is 57.0 Å². The molecule has 1 aliphatic heterocycles. The Morgan fingerprint density at radius 1 is 1.26 bits per heavy atom. The molecule has 0 bridgehead atoms. The molecule has 1 aromatic carbocycles. The van der Waals surface area contributed by atoms with Gasteiger partial charge in [-0.3, -0.25) is 10.1 Å². The summed E-state index contributed by atoms with van der Waals surface area (Å²) in [5.74, 6) is -0.0957. The topological polar surface area (TPSA) is 98.0 Å². The van der Waals surface area contributed by atoms with Crippen molar-refractivity contribution in [3.63, 3.8) is 0 Å². The van der Waals surface area contributed by atoms with Gasteiger partial charge in [0.15, 0.2) is 0 Å². The average Bonchev–Trinajstić information content (AvgIpc) is 3.15. The van der Waals surface area contributed by atoms with E-state index in [1.54, 1.807) is 25.3 Å². The molecule has 0 amide bonds. The second-order valence-corrected chi connectivity index (χ2v) is 10.4. The van der Waals surface area contributed by atoms with E-state index in [-0.39, 0.29) is 22.4 Å². The van der Waals surface area contributed by atoms with Crippen LogP contribution in [0.2, 0.25) is 0 Å². The highest BCUT2D eigenvalue weighted by molar-refractivity contribution is 5.77. The van der Waals surface area contributed by atoms with Crippen LogP contribution in [0, 0.1) is 11.9 Å². The van der Waals surface area contributed by atoms with Gasteiger partial charge < -0.3 is 10.4 Å². The van der Waals surface area contributed by atoms with Gasteiger partial charge >= 0.3 is 0 Å². The van der Waals surface area contributed by atoms with Crippen LogP contribution < -0.4 is 5.32 Å². The third kappa shape index (κ3) is 6.05. The van der Waals surface area contributed by atoms with E-state index in [9.17, 15) is 9.50 Å². The van der Waals surface area contributed by atoms with Gasteiger partial charge in [-0.25, -0.2) is 0 Å². The number of halogens is 1. The van der Waals surface area contributed by atoms with Crippen LogP contribution in [-0.2, 0) is 0 Å². The van der Waals surface area contributed by atoms with Crippen molar-refractivity contribution in [3.05, 3.63) is 53.3 Å². The average molecular weight is 467 g/mol. The van der Waals surface area contributed by atoms with E-state index in [1.165, 1.54) is 12.3 Å². The minimum absolute atomic E-state index is 0.0379. The number of hydrogen-bond donors (Lipinski definition) is 3. The molecule has 1 aliphatic rings. The number of azo groups is 1. The summed E-state index contributed by atoms with van der Waals surface area (Å²) >= 11 is 0. The number of phenols is 1. The summed E-state index contributed by atoms with van der Waals surface area (Å²) in [7, 11) is 1.63. The molecule has 0 unspecified atom stereocenters. The first kappa shape index (κ1) is 25.5. The summed E-state index contributed by atoms with van der Waals surface area (Å²) in [4.78, 5) is 4.14. The summed E-state index contributed by atoms with van der Waals surface area (Å²) in [6.07, 6.45) is 6.18. The van der Waals surface area contributed by atoms with Gasteiger partial charge in [0.1, 0.15) is 5.75 Å². The zero-order chi connectivity index (χ0) is 25.1. The molecule has 1 saturated heterocycles. The lowest BCUT2D eigenvalue weighted by atomic mass is 9.73. The molecule has 3 rings (SSSR count). The number of nitrogens with one attached hydrogen (secondary N) is 2. The fourth-order valence-corrected chi connectivity index (χ4v) is 5.29. The van der Waals surface area contributed by atoms with Crippen LogP contribution in [0.1, 0.15) is 59.4 Å². The van der Waals surface area contributed by atoms with E-state index in [0.29, 0.717) is 28.4 Å². The predicted molar refractivity (Wildman–Crippen MR) is 135 cm³/mol. The molecular weight excluding hydrogens is 431 g/mol. The van der Waals surface area contributed by atoms with E-state index in [4.69, 9.17) is 0 Å².